The van der Waals surface area contributed by atoms with Crippen LogP contribution in [-0.2, 0) is 0 Å². The number of aliphatic hydroxyl groups is 1. The summed E-state index contributed by atoms with van der Waals surface area (Å²) in [6.07, 6.45) is 3.54. The number of hydrogen-bond acceptors (Lipinski definition) is 3. The largest absolute Gasteiger partial charge is 0.392 e. The maximum Gasteiger partial charge on any atom is 0.0670 e. The van der Waals surface area contributed by atoms with Gasteiger partial charge < -0.3 is 5.11 Å². The summed E-state index contributed by atoms with van der Waals surface area (Å²) in [6, 6.07) is 0. The predicted molar refractivity (Wildman–Crippen MR) is 61.7 cm³/mol. The van der Waals surface area contributed by atoms with Crippen molar-refractivity contribution in [2.24, 2.45) is 11.3 Å². The average Bonchev–Trinajstić information content (AvgIpc) is 2.83. The summed E-state index contributed by atoms with van der Waals surface area (Å²) in [4.78, 5) is 2.43. The molecular weight excluding hydrogens is 194 g/mol. The van der Waals surface area contributed by atoms with Crippen LogP contribution in [0.25, 0.3) is 0 Å². The number of likely N-dealkylation sites (tertiary alicyclic amines) is 1. The van der Waals surface area contributed by atoms with Gasteiger partial charge in [-0.3, -0.25) is 4.90 Å². The van der Waals surface area contributed by atoms with Gasteiger partial charge in [0.25, 0.3) is 0 Å². The number of aliphatic hydroxyl groups excluding tert-OH is 1. The minimum Gasteiger partial charge on any atom is -0.392 e. The molecule has 0 aromatic rings. The van der Waals surface area contributed by atoms with Crippen molar-refractivity contribution in [3.63, 3.8) is 0 Å². The molecule has 0 bridgehead atoms. The molecule has 1 saturated carbocycles. The molecule has 2 aliphatic rings. The van der Waals surface area contributed by atoms with E-state index < -0.39 is 0 Å². The second kappa shape index (κ2) is 4.03. The van der Waals surface area contributed by atoms with Gasteiger partial charge in [0.15, 0.2) is 0 Å². The minimum absolute atomic E-state index is 0.102. The maximum absolute atomic E-state index is 9.68. The molecule has 14 heavy (non-hydrogen) atoms. The standard InChI is InChI=1S/C11H21NOS/c1-9-4-10(13)6-12(5-9)7-11(8-14)2-3-11/h9-10,13-14H,2-8H2,1H3. The first kappa shape index (κ1) is 10.8. The fourth-order valence-electron chi connectivity index (χ4n) is 2.57. The van der Waals surface area contributed by atoms with E-state index in [9.17, 15) is 5.11 Å². The number of hydrogen-bond donors (Lipinski definition) is 2. The Bertz CT molecular complexity index is 195. The Morgan fingerprint density at radius 3 is 2.64 bits per heavy atom. The van der Waals surface area contributed by atoms with Gasteiger partial charge in [-0.05, 0) is 36.3 Å². The summed E-state index contributed by atoms with van der Waals surface area (Å²) in [5, 5.41) is 9.68. The van der Waals surface area contributed by atoms with Gasteiger partial charge in [0.1, 0.15) is 0 Å². The van der Waals surface area contributed by atoms with Crippen molar-refractivity contribution < 1.29 is 5.11 Å². The fourth-order valence-corrected chi connectivity index (χ4v) is 2.99. The lowest BCUT2D eigenvalue weighted by molar-refractivity contribution is 0.0364. The van der Waals surface area contributed by atoms with Crippen molar-refractivity contribution in [2.75, 3.05) is 25.4 Å². The highest BCUT2D eigenvalue weighted by Crippen LogP contribution is 2.47. The molecular formula is C11H21NOS. The highest BCUT2D eigenvalue weighted by molar-refractivity contribution is 7.80. The molecule has 1 saturated heterocycles. The number of thiol groups is 1. The van der Waals surface area contributed by atoms with Crippen molar-refractivity contribution >= 4 is 12.6 Å². The van der Waals surface area contributed by atoms with E-state index in [1.807, 2.05) is 0 Å². The van der Waals surface area contributed by atoms with Crippen LogP contribution in [0.2, 0.25) is 0 Å². The lowest BCUT2D eigenvalue weighted by Gasteiger charge is -2.36. The first-order chi connectivity index (χ1) is 6.63. The SMILES string of the molecule is CC1CC(O)CN(CC2(CS)CC2)C1. The van der Waals surface area contributed by atoms with Crippen molar-refractivity contribution in [3.8, 4) is 0 Å². The minimum atomic E-state index is -0.102. The van der Waals surface area contributed by atoms with Crippen LogP contribution < -0.4 is 0 Å². The second-order valence-electron chi connectivity index (χ2n) is 5.35. The van der Waals surface area contributed by atoms with E-state index in [-0.39, 0.29) is 6.10 Å². The van der Waals surface area contributed by atoms with E-state index in [0.29, 0.717) is 11.3 Å². The Hall–Kier alpha value is 0.270. The van der Waals surface area contributed by atoms with Crippen LogP contribution in [-0.4, -0.2) is 41.5 Å². The molecule has 0 aromatic heterocycles. The Kier molecular flexibility index (Phi) is 3.10. The van der Waals surface area contributed by atoms with Gasteiger partial charge >= 0.3 is 0 Å². The van der Waals surface area contributed by atoms with Crippen molar-refractivity contribution in [1.29, 1.82) is 0 Å². The van der Waals surface area contributed by atoms with E-state index in [1.54, 1.807) is 0 Å². The Morgan fingerprint density at radius 1 is 1.43 bits per heavy atom. The van der Waals surface area contributed by atoms with Gasteiger partial charge in [0, 0.05) is 19.6 Å². The Balaban J connectivity index is 1.85. The molecule has 0 aromatic carbocycles. The molecule has 1 aliphatic heterocycles. The third-order valence-corrected chi connectivity index (χ3v) is 4.24. The van der Waals surface area contributed by atoms with Crippen LogP contribution in [0.15, 0.2) is 0 Å². The topological polar surface area (TPSA) is 23.5 Å². The Morgan fingerprint density at radius 2 is 2.14 bits per heavy atom. The van der Waals surface area contributed by atoms with Crippen LogP contribution in [0.1, 0.15) is 26.2 Å². The Labute approximate surface area is 92.1 Å². The van der Waals surface area contributed by atoms with E-state index in [2.05, 4.69) is 24.5 Å². The molecule has 0 spiro atoms. The van der Waals surface area contributed by atoms with Crippen LogP contribution in [0.3, 0.4) is 0 Å². The van der Waals surface area contributed by atoms with Crippen LogP contribution in [0.5, 0.6) is 0 Å². The summed E-state index contributed by atoms with van der Waals surface area (Å²) >= 11 is 4.42. The summed E-state index contributed by atoms with van der Waals surface area (Å²) in [6.45, 7) is 5.42. The van der Waals surface area contributed by atoms with Gasteiger partial charge in [-0.25, -0.2) is 0 Å². The summed E-state index contributed by atoms with van der Waals surface area (Å²) in [5.41, 5.74) is 0.500. The lowest BCUT2D eigenvalue weighted by atomic mass is 9.96. The molecule has 3 heteroatoms. The quantitative estimate of drug-likeness (QED) is 0.695. The summed E-state index contributed by atoms with van der Waals surface area (Å²) < 4.78 is 0. The zero-order valence-corrected chi connectivity index (χ0v) is 9.84. The van der Waals surface area contributed by atoms with Crippen LogP contribution in [0.4, 0.5) is 0 Å². The number of rotatable bonds is 3. The molecule has 1 heterocycles. The highest BCUT2D eigenvalue weighted by atomic mass is 32.1. The third kappa shape index (κ3) is 2.44. The molecule has 0 radical (unpaired) electrons. The van der Waals surface area contributed by atoms with Crippen LogP contribution >= 0.6 is 12.6 Å². The van der Waals surface area contributed by atoms with E-state index in [0.717, 1.165) is 31.8 Å². The van der Waals surface area contributed by atoms with E-state index in [1.165, 1.54) is 12.8 Å². The number of piperidine rings is 1. The first-order valence-electron chi connectivity index (χ1n) is 5.65. The van der Waals surface area contributed by atoms with Crippen molar-refractivity contribution in [2.45, 2.75) is 32.3 Å². The molecule has 82 valence electrons. The molecule has 2 nitrogen and oxygen atoms in total. The fraction of sp³-hybridized carbons (Fsp3) is 1.00. The highest BCUT2D eigenvalue weighted by Gasteiger charge is 2.43. The maximum atomic E-state index is 9.68. The lowest BCUT2D eigenvalue weighted by Crippen LogP contribution is -2.45. The van der Waals surface area contributed by atoms with Gasteiger partial charge in [0.2, 0.25) is 0 Å². The second-order valence-corrected chi connectivity index (χ2v) is 5.66. The first-order valence-corrected chi connectivity index (χ1v) is 6.28. The molecule has 2 atom stereocenters. The normalized spacial score (nSPS) is 37.1. The number of β-amino-alcohol motifs (C(OH)–C–C–N with tert-alkyl or cyclic N) is 1. The molecule has 2 unspecified atom stereocenters. The van der Waals surface area contributed by atoms with Gasteiger partial charge in [-0.2, -0.15) is 12.6 Å². The molecule has 1 aliphatic carbocycles. The van der Waals surface area contributed by atoms with E-state index in [4.69, 9.17) is 0 Å². The molecule has 2 rings (SSSR count). The summed E-state index contributed by atoms with van der Waals surface area (Å²) in [5.74, 6) is 1.66. The van der Waals surface area contributed by atoms with E-state index >= 15 is 0 Å². The predicted octanol–water partition coefficient (Wildman–Crippen LogP) is 1.40. The smallest absolute Gasteiger partial charge is 0.0670 e. The monoisotopic (exact) mass is 215 g/mol. The average molecular weight is 215 g/mol. The van der Waals surface area contributed by atoms with Crippen molar-refractivity contribution in [3.05, 3.63) is 0 Å². The van der Waals surface area contributed by atoms with Crippen LogP contribution in [0, 0.1) is 11.3 Å². The van der Waals surface area contributed by atoms with Gasteiger partial charge in [0.05, 0.1) is 6.10 Å². The van der Waals surface area contributed by atoms with Crippen molar-refractivity contribution in [1.82, 2.24) is 4.90 Å². The van der Waals surface area contributed by atoms with Gasteiger partial charge in [-0.15, -0.1) is 0 Å². The molecule has 1 N–H and O–H groups in total. The zero-order chi connectivity index (χ0) is 10.2. The zero-order valence-electron chi connectivity index (χ0n) is 8.95. The summed E-state index contributed by atoms with van der Waals surface area (Å²) in [7, 11) is 0. The third-order valence-electron chi connectivity index (χ3n) is 3.56. The van der Waals surface area contributed by atoms with Gasteiger partial charge in [-0.1, -0.05) is 6.92 Å². The molecule has 0 amide bonds. The molecule has 2 fully saturated rings. The number of nitrogens with zero attached hydrogens (tertiary/aromatic N) is 1.